The molecule has 116 valence electrons. The number of hydrogen-bond acceptors (Lipinski definition) is 3. The Morgan fingerprint density at radius 3 is 2.38 bits per heavy atom. The Balaban J connectivity index is 2.91. The van der Waals surface area contributed by atoms with Crippen molar-refractivity contribution in [2.24, 2.45) is 5.92 Å². The standard InChI is InChI=1S/C16H23NO4/c1-9(2)15(16(19)20)17-14(18)8-12-11(4)6-10(3)7-13(12)21-5/h6-7,9,15H,8H2,1-5H3,(H,17,18)(H,19,20)/t15-/m0/s1. The highest BCUT2D eigenvalue weighted by atomic mass is 16.5. The highest BCUT2D eigenvalue weighted by Gasteiger charge is 2.24. The Labute approximate surface area is 125 Å². The molecule has 1 aromatic carbocycles. The van der Waals surface area contributed by atoms with Crippen LogP contribution in [-0.4, -0.2) is 30.1 Å². The number of rotatable bonds is 6. The van der Waals surface area contributed by atoms with E-state index < -0.39 is 12.0 Å². The Hall–Kier alpha value is -2.04. The number of carbonyl (C=O) groups excluding carboxylic acids is 1. The lowest BCUT2D eigenvalue weighted by Gasteiger charge is -2.19. The topological polar surface area (TPSA) is 75.6 Å². The maximum absolute atomic E-state index is 12.1. The zero-order chi connectivity index (χ0) is 16.2. The number of amides is 1. The fourth-order valence-corrected chi connectivity index (χ4v) is 2.27. The van der Waals surface area contributed by atoms with E-state index in [9.17, 15) is 9.59 Å². The molecule has 0 aliphatic rings. The summed E-state index contributed by atoms with van der Waals surface area (Å²) < 4.78 is 5.31. The summed E-state index contributed by atoms with van der Waals surface area (Å²) in [6, 6.07) is 2.96. The maximum atomic E-state index is 12.1. The van der Waals surface area contributed by atoms with E-state index in [4.69, 9.17) is 9.84 Å². The molecule has 1 atom stereocenters. The van der Waals surface area contributed by atoms with Crippen LogP contribution in [-0.2, 0) is 16.0 Å². The second-order valence-electron chi connectivity index (χ2n) is 5.57. The molecular weight excluding hydrogens is 270 g/mol. The van der Waals surface area contributed by atoms with Gasteiger partial charge in [0.25, 0.3) is 0 Å². The molecule has 0 spiro atoms. The fourth-order valence-electron chi connectivity index (χ4n) is 2.27. The van der Waals surface area contributed by atoms with Crippen molar-refractivity contribution < 1.29 is 19.4 Å². The van der Waals surface area contributed by atoms with Crippen molar-refractivity contribution in [3.8, 4) is 5.75 Å². The molecule has 1 rings (SSSR count). The number of nitrogens with one attached hydrogen (secondary N) is 1. The van der Waals surface area contributed by atoms with E-state index in [2.05, 4.69) is 5.32 Å². The average molecular weight is 293 g/mol. The number of benzene rings is 1. The Morgan fingerprint density at radius 1 is 1.29 bits per heavy atom. The number of ether oxygens (including phenoxy) is 1. The van der Waals surface area contributed by atoms with Gasteiger partial charge in [0.05, 0.1) is 13.5 Å². The van der Waals surface area contributed by atoms with E-state index in [-0.39, 0.29) is 18.2 Å². The van der Waals surface area contributed by atoms with Crippen LogP contribution < -0.4 is 10.1 Å². The predicted octanol–water partition coefficient (Wildman–Crippen LogP) is 2.08. The molecule has 0 aliphatic heterocycles. The molecule has 0 aromatic heterocycles. The number of methoxy groups -OCH3 is 1. The molecule has 2 N–H and O–H groups in total. The van der Waals surface area contributed by atoms with E-state index in [1.807, 2.05) is 26.0 Å². The van der Waals surface area contributed by atoms with Gasteiger partial charge >= 0.3 is 5.97 Å². The lowest BCUT2D eigenvalue weighted by molar-refractivity contribution is -0.143. The van der Waals surface area contributed by atoms with Crippen LogP contribution in [0.15, 0.2) is 12.1 Å². The predicted molar refractivity (Wildman–Crippen MR) is 80.6 cm³/mol. The van der Waals surface area contributed by atoms with Crippen molar-refractivity contribution in [1.29, 1.82) is 0 Å². The zero-order valence-electron chi connectivity index (χ0n) is 13.2. The first-order valence-corrected chi connectivity index (χ1v) is 6.92. The SMILES string of the molecule is COc1cc(C)cc(C)c1CC(=O)N[C@H](C(=O)O)C(C)C. The van der Waals surface area contributed by atoms with E-state index in [1.54, 1.807) is 21.0 Å². The molecule has 21 heavy (non-hydrogen) atoms. The number of hydrogen-bond donors (Lipinski definition) is 2. The van der Waals surface area contributed by atoms with Gasteiger partial charge in [0.2, 0.25) is 5.91 Å². The minimum atomic E-state index is -1.02. The Bertz CT molecular complexity index is 537. The Kier molecular flexibility index (Phi) is 5.76. The van der Waals surface area contributed by atoms with Gasteiger partial charge in [-0.3, -0.25) is 4.79 Å². The van der Waals surface area contributed by atoms with Gasteiger partial charge in [0, 0.05) is 5.56 Å². The summed E-state index contributed by atoms with van der Waals surface area (Å²) in [5.41, 5.74) is 2.80. The van der Waals surface area contributed by atoms with Crippen LogP contribution in [0.5, 0.6) is 5.75 Å². The zero-order valence-corrected chi connectivity index (χ0v) is 13.2. The fraction of sp³-hybridized carbons (Fsp3) is 0.500. The quantitative estimate of drug-likeness (QED) is 0.842. The molecule has 0 unspecified atom stereocenters. The van der Waals surface area contributed by atoms with Gasteiger partial charge in [0.1, 0.15) is 11.8 Å². The molecule has 5 heteroatoms. The Morgan fingerprint density at radius 2 is 1.90 bits per heavy atom. The highest BCUT2D eigenvalue weighted by molar-refractivity contribution is 5.85. The first-order chi connectivity index (χ1) is 9.76. The van der Waals surface area contributed by atoms with E-state index >= 15 is 0 Å². The van der Waals surface area contributed by atoms with Gasteiger partial charge in [0.15, 0.2) is 0 Å². The van der Waals surface area contributed by atoms with Gasteiger partial charge in [-0.25, -0.2) is 4.79 Å². The molecule has 1 aromatic rings. The molecule has 5 nitrogen and oxygen atoms in total. The van der Waals surface area contributed by atoms with Crippen LogP contribution in [0.3, 0.4) is 0 Å². The molecule has 0 fully saturated rings. The third-order valence-electron chi connectivity index (χ3n) is 3.38. The van der Waals surface area contributed by atoms with E-state index in [1.165, 1.54) is 0 Å². The van der Waals surface area contributed by atoms with Crippen LogP contribution in [0, 0.1) is 19.8 Å². The van der Waals surface area contributed by atoms with Gasteiger partial charge in [-0.2, -0.15) is 0 Å². The minimum Gasteiger partial charge on any atom is -0.496 e. The van der Waals surface area contributed by atoms with Crippen LogP contribution in [0.1, 0.15) is 30.5 Å². The van der Waals surface area contributed by atoms with Crippen LogP contribution in [0.4, 0.5) is 0 Å². The third kappa shape index (κ3) is 4.48. The van der Waals surface area contributed by atoms with Crippen molar-refractivity contribution in [3.05, 3.63) is 28.8 Å². The number of carboxylic acids is 1. The molecule has 0 aliphatic carbocycles. The summed E-state index contributed by atoms with van der Waals surface area (Å²) in [6.45, 7) is 7.39. The lowest BCUT2D eigenvalue weighted by atomic mass is 10.00. The highest BCUT2D eigenvalue weighted by Crippen LogP contribution is 2.24. The normalized spacial score (nSPS) is 12.1. The largest absolute Gasteiger partial charge is 0.496 e. The molecule has 0 radical (unpaired) electrons. The van der Waals surface area contributed by atoms with Gasteiger partial charge in [-0.1, -0.05) is 19.9 Å². The number of aliphatic carboxylic acids is 1. The van der Waals surface area contributed by atoms with E-state index in [0.717, 1.165) is 16.7 Å². The van der Waals surface area contributed by atoms with Crippen LogP contribution in [0.2, 0.25) is 0 Å². The monoisotopic (exact) mass is 293 g/mol. The van der Waals surface area contributed by atoms with Crippen molar-refractivity contribution in [3.63, 3.8) is 0 Å². The molecule has 0 bridgehead atoms. The molecule has 0 saturated heterocycles. The van der Waals surface area contributed by atoms with Crippen LogP contribution >= 0.6 is 0 Å². The van der Waals surface area contributed by atoms with Crippen LogP contribution in [0.25, 0.3) is 0 Å². The molecule has 0 heterocycles. The smallest absolute Gasteiger partial charge is 0.326 e. The van der Waals surface area contributed by atoms with Crippen molar-refractivity contribution in [2.45, 2.75) is 40.2 Å². The number of carbonyl (C=O) groups is 2. The lowest BCUT2D eigenvalue weighted by Crippen LogP contribution is -2.45. The van der Waals surface area contributed by atoms with Crippen molar-refractivity contribution in [1.82, 2.24) is 5.32 Å². The summed E-state index contributed by atoms with van der Waals surface area (Å²) in [4.78, 5) is 23.2. The second-order valence-corrected chi connectivity index (χ2v) is 5.57. The summed E-state index contributed by atoms with van der Waals surface area (Å²) in [6.07, 6.45) is 0.103. The minimum absolute atomic E-state index is 0.103. The number of carboxylic acid groups (broad SMARTS) is 1. The summed E-state index contributed by atoms with van der Waals surface area (Å²) in [7, 11) is 1.56. The van der Waals surface area contributed by atoms with Gasteiger partial charge in [-0.05, 0) is 37.0 Å². The summed E-state index contributed by atoms with van der Waals surface area (Å²) in [5, 5.41) is 11.7. The summed E-state index contributed by atoms with van der Waals surface area (Å²) >= 11 is 0. The second kappa shape index (κ2) is 7.11. The first-order valence-electron chi connectivity index (χ1n) is 6.92. The molecule has 1 amide bonds. The van der Waals surface area contributed by atoms with Crippen molar-refractivity contribution in [2.75, 3.05) is 7.11 Å². The maximum Gasteiger partial charge on any atom is 0.326 e. The van der Waals surface area contributed by atoms with Crippen molar-refractivity contribution >= 4 is 11.9 Å². The number of aryl methyl sites for hydroxylation is 2. The van der Waals surface area contributed by atoms with Gasteiger partial charge in [-0.15, -0.1) is 0 Å². The average Bonchev–Trinajstić information content (AvgIpc) is 2.38. The van der Waals surface area contributed by atoms with E-state index in [0.29, 0.717) is 5.75 Å². The molecular formula is C16H23NO4. The summed E-state index contributed by atoms with van der Waals surface area (Å²) in [5.74, 6) is -0.862. The third-order valence-corrected chi connectivity index (χ3v) is 3.38. The van der Waals surface area contributed by atoms with Gasteiger partial charge < -0.3 is 15.2 Å². The first kappa shape index (κ1) is 17.0. The molecule has 0 saturated carbocycles.